The Hall–Kier alpha value is -2.63. The molecule has 0 aliphatic carbocycles. The van der Waals surface area contributed by atoms with Gasteiger partial charge in [0.25, 0.3) is 0 Å². The van der Waals surface area contributed by atoms with Crippen molar-refractivity contribution in [2.75, 3.05) is 0 Å². The fourth-order valence-corrected chi connectivity index (χ4v) is 1.64. The maximum absolute atomic E-state index is 10.8. The SMILES string of the molecule is O=C(O)C(Cc1cc(-c2ccccc2)on1)C(=O)O. The van der Waals surface area contributed by atoms with Gasteiger partial charge in [0.1, 0.15) is 0 Å². The van der Waals surface area contributed by atoms with Gasteiger partial charge in [-0.1, -0.05) is 35.5 Å². The summed E-state index contributed by atoms with van der Waals surface area (Å²) >= 11 is 0. The van der Waals surface area contributed by atoms with E-state index in [2.05, 4.69) is 5.16 Å². The van der Waals surface area contributed by atoms with Crippen LogP contribution in [-0.2, 0) is 16.0 Å². The van der Waals surface area contributed by atoms with E-state index in [-0.39, 0.29) is 6.42 Å². The van der Waals surface area contributed by atoms with Gasteiger partial charge in [-0.05, 0) is 0 Å². The first-order valence-electron chi connectivity index (χ1n) is 5.54. The summed E-state index contributed by atoms with van der Waals surface area (Å²) in [5, 5.41) is 21.3. The molecular weight excluding hydrogens is 250 g/mol. The molecule has 19 heavy (non-hydrogen) atoms. The number of hydrogen-bond donors (Lipinski definition) is 2. The molecule has 0 amide bonds. The summed E-state index contributed by atoms with van der Waals surface area (Å²) in [6.07, 6.45) is -0.207. The first-order valence-corrected chi connectivity index (χ1v) is 5.54. The Labute approximate surface area is 108 Å². The van der Waals surface area contributed by atoms with E-state index in [1.165, 1.54) is 0 Å². The van der Waals surface area contributed by atoms with Gasteiger partial charge in [0.15, 0.2) is 11.7 Å². The minimum atomic E-state index is -1.52. The fraction of sp³-hybridized carbons (Fsp3) is 0.154. The second kappa shape index (κ2) is 5.34. The van der Waals surface area contributed by atoms with Crippen LogP contribution in [0.25, 0.3) is 11.3 Å². The highest BCUT2D eigenvalue weighted by atomic mass is 16.5. The number of nitrogens with zero attached hydrogens (tertiary/aromatic N) is 1. The molecule has 2 rings (SSSR count). The summed E-state index contributed by atoms with van der Waals surface area (Å²) in [6.45, 7) is 0. The highest BCUT2D eigenvalue weighted by Gasteiger charge is 2.27. The molecular formula is C13H11NO5. The van der Waals surface area contributed by atoms with Gasteiger partial charge in [0.05, 0.1) is 5.69 Å². The Kier molecular flexibility index (Phi) is 3.61. The zero-order valence-electron chi connectivity index (χ0n) is 9.81. The number of benzene rings is 1. The number of rotatable bonds is 5. The van der Waals surface area contributed by atoms with Crippen molar-refractivity contribution in [2.45, 2.75) is 6.42 Å². The molecule has 0 fully saturated rings. The van der Waals surface area contributed by atoms with Crippen molar-refractivity contribution in [3.63, 3.8) is 0 Å². The topological polar surface area (TPSA) is 101 Å². The molecule has 0 saturated carbocycles. The molecule has 2 N–H and O–H groups in total. The van der Waals surface area contributed by atoms with E-state index >= 15 is 0 Å². The molecule has 98 valence electrons. The van der Waals surface area contributed by atoms with Crippen LogP contribution in [0.15, 0.2) is 40.9 Å². The Balaban J connectivity index is 2.18. The Bertz CT molecular complexity index is 576. The summed E-state index contributed by atoms with van der Waals surface area (Å²) in [5.41, 5.74) is 1.09. The molecule has 1 aromatic carbocycles. The summed E-state index contributed by atoms with van der Waals surface area (Å²) < 4.78 is 5.08. The standard InChI is InChI=1S/C13H11NO5/c15-12(16)10(13(17)18)6-9-7-11(19-14-9)8-4-2-1-3-5-8/h1-5,7,10H,6H2,(H,15,16)(H,17,18). The molecule has 0 spiro atoms. The van der Waals surface area contributed by atoms with Gasteiger partial charge in [-0.3, -0.25) is 9.59 Å². The highest BCUT2D eigenvalue weighted by Crippen LogP contribution is 2.21. The average molecular weight is 261 g/mol. The van der Waals surface area contributed by atoms with Gasteiger partial charge in [0, 0.05) is 18.1 Å². The molecule has 0 radical (unpaired) electrons. The third kappa shape index (κ3) is 2.98. The van der Waals surface area contributed by atoms with Crippen molar-refractivity contribution in [3.05, 3.63) is 42.1 Å². The smallest absolute Gasteiger partial charge is 0.318 e. The third-order valence-corrected chi connectivity index (χ3v) is 2.63. The molecule has 1 heterocycles. The van der Waals surface area contributed by atoms with Crippen molar-refractivity contribution < 1.29 is 24.3 Å². The third-order valence-electron chi connectivity index (χ3n) is 2.63. The van der Waals surface area contributed by atoms with Crippen LogP contribution in [0.3, 0.4) is 0 Å². The van der Waals surface area contributed by atoms with Gasteiger partial charge in [-0.15, -0.1) is 0 Å². The Morgan fingerprint density at radius 1 is 1.16 bits per heavy atom. The largest absolute Gasteiger partial charge is 0.481 e. The van der Waals surface area contributed by atoms with Crippen LogP contribution in [0.2, 0.25) is 0 Å². The highest BCUT2D eigenvalue weighted by molar-refractivity contribution is 5.93. The van der Waals surface area contributed by atoms with Gasteiger partial charge in [0.2, 0.25) is 0 Å². The minimum absolute atomic E-state index is 0.207. The van der Waals surface area contributed by atoms with E-state index in [0.29, 0.717) is 11.5 Å². The van der Waals surface area contributed by atoms with Gasteiger partial charge in [-0.2, -0.15) is 0 Å². The van der Waals surface area contributed by atoms with Crippen molar-refractivity contribution >= 4 is 11.9 Å². The van der Waals surface area contributed by atoms with E-state index < -0.39 is 17.9 Å². The first kappa shape index (κ1) is 12.8. The summed E-state index contributed by atoms with van der Waals surface area (Å²) in [4.78, 5) is 21.6. The first-order chi connectivity index (χ1) is 9.08. The van der Waals surface area contributed by atoms with E-state index in [1.807, 2.05) is 30.3 Å². The van der Waals surface area contributed by atoms with Crippen LogP contribution in [-0.4, -0.2) is 27.3 Å². The summed E-state index contributed by atoms with van der Waals surface area (Å²) in [7, 11) is 0. The molecule has 0 saturated heterocycles. The predicted octanol–water partition coefficient (Wildman–Crippen LogP) is 1.67. The van der Waals surface area contributed by atoms with Gasteiger partial charge >= 0.3 is 11.9 Å². The second-order valence-electron chi connectivity index (χ2n) is 3.98. The monoisotopic (exact) mass is 261 g/mol. The van der Waals surface area contributed by atoms with Crippen molar-refractivity contribution in [3.8, 4) is 11.3 Å². The van der Waals surface area contributed by atoms with Crippen molar-refractivity contribution in [1.82, 2.24) is 5.16 Å². The fourth-order valence-electron chi connectivity index (χ4n) is 1.64. The number of carbonyl (C=O) groups is 2. The van der Waals surface area contributed by atoms with Crippen LogP contribution < -0.4 is 0 Å². The lowest BCUT2D eigenvalue weighted by molar-refractivity contribution is -0.154. The Morgan fingerprint density at radius 3 is 2.37 bits per heavy atom. The van der Waals surface area contributed by atoms with Crippen LogP contribution in [0, 0.1) is 5.92 Å². The Morgan fingerprint density at radius 2 is 1.79 bits per heavy atom. The molecule has 0 atom stereocenters. The maximum atomic E-state index is 10.8. The number of carboxylic acid groups (broad SMARTS) is 2. The number of hydrogen-bond acceptors (Lipinski definition) is 4. The molecule has 6 nitrogen and oxygen atoms in total. The molecule has 1 aromatic heterocycles. The minimum Gasteiger partial charge on any atom is -0.481 e. The van der Waals surface area contributed by atoms with Crippen LogP contribution in [0.1, 0.15) is 5.69 Å². The van der Waals surface area contributed by atoms with E-state index in [0.717, 1.165) is 5.56 Å². The number of aliphatic carboxylic acids is 2. The summed E-state index contributed by atoms with van der Waals surface area (Å²) in [5.74, 6) is -3.83. The predicted molar refractivity (Wildman–Crippen MR) is 64.4 cm³/mol. The lowest BCUT2D eigenvalue weighted by atomic mass is 10.0. The lowest BCUT2D eigenvalue weighted by Gasteiger charge is -2.03. The number of aromatic nitrogens is 1. The van der Waals surface area contributed by atoms with E-state index in [1.54, 1.807) is 6.07 Å². The van der Waals surface area contributed by atoms with Gasteiger partial charge in [-0.25, -0.2) is 0 Å². The van der Waals surface area contributed by atoms with Crippen molar-refractivity contribution in [2.24, 2.45) is 5.92 Å². The van der Waals surface area contributed by atoms with Crippen LogP contribution in [0.4, 0.5) is 0 Å². The molecule has 0 bridgehead atoms. The zero-order valence-corrected chi connectivity index (χ0v) is 9.81. The molecule has 2 aromatic rings. The second-order valence-corrected chi connectivity index (χ2v) is 3.98. The average Bonchev–Trinajstić information content (AvgIpc) is 2.85. The molecule has 0 unspecified atom stereocenters. The number of carboxylic acids is 2. The molecule has 0 aliphatic heterocycles. The van der Waals surface area contributed by atoms with Crippen LogP contribution in [0.5, 0.6) is 0 Å². The normalized spacial score (nSPS) is 10.6. The van der Waals surface area contributed by atoms with Crippen molar-refractivity contribution in [1.29, 1.82) is 0 Å². The van der Waals surface area contributed by atoms with Gasteiger partial charge < -0.3 is 14.7 Å². The van der Waals surface area contributed by atoms with E-state index in [4.69, 9.17) is 14.7 Å². The quantitative estimate of drug-likeness (QED) is 0.794. The lowest BCUT2D eigenvalue weighted by Crippen LogP contribution is -2.25. The molecule has 6 heteroatoms. The van der Waals surface area contributed by atoms with E-state index in [9.17, 15) is 9.59 Å². The van der Waals surface area contributed by atoms with Crippen LogP contribution >= 0.6 is 0 Å². The maximum Gasteiger partial charge on any atom is 0.318 e. The zero-order chi connectivity index (χ0) is 13.8. The summed E-state index contributed by atoms with van der Waals surface area (Å²) in [6, 6.07) is 10.7. The molecule has 0 aliphatic rings.